The monoisotopic (exact) mass is 309 g/mol. The molecule has 2 aromatic carbocycles. The van der Waals surface area contributed by atoms with Crippen molar-refractivity contribution in [2.75, 3.05) is 0 Å². The normalized spacial score (nSPS) is 11.1. The summed E-state index contributed by atoms with van der Waals surface area (Å²) in [6.07, 6.45) is 2.02. The van der Waals surface area contributed by atoms with Gasteiger partial charge in [0.15, 0.2) is 0 Å². The van der Waals surface area contributed by atoms with Crippen LogP contribution in [0.2, 0.25) is 15.1 Å². The van der Waals surface area contributed by atoms with Gasteiger partial charge in [0, 0.05) is 38.7 Å². The summed E-state index contributed by atoms with van der Waals surface area (Å²) in [5.74, 6) is 0. The lowest BCUT2D eigenvalue weighted by Crippen LogP contribution is -1.98. The van der Waals surface area contributed by atoms with Crippen LogP contribution in [0.15, 0.2) is 48.7 Å². The number of halogens is 3. The van der Waals surface area contributed by atoms with Gasteiger partial charge in [-0.15, -0.1) is 0 Å². The van der Waals surface area contributed by atoms with Crippen molar-refractivity contribution in [1.82, 2.24) is 4.57 Å². The van der Waals surface area contributed by atoms with Crippen molar-refractivity contribution in [3.8, 4) is 0 Å². The van der Waals surface area contributed by atoms with Gasteiger partial charge in [-0.3, -0.25) is 0 Å². The minimum atomic E-state index is 0.647. The van der Waals surface area contributed by atoms with E-state index >= 15 is 0 Å². The van der Waals surface area contributed by atoms with Crippen LogP contribution in [0.3, 0.4) is 0 Å². The molecule has 19 heavy (non-hydrogen) atoms. The predicted octanol–water partition coefficient (Wildman–Crippen LogP) is 5.65. The van der Waals surface area contributed by atoms with E-state index < -0.39 is 0 Å². The number of rotatable bonds is 2. The third kappa shape index (κ3) is 2.46. The summed E-state index contributed by atoms with van der Waals surface area (Å²) in [6, 6.07) is 13.5. The number of nitrogens with zero attached hydrogens (tertiary/aromatic N) is 1. The van der Waals surface area contributed by atoms with Crippen LogP contribution in [0.5, 0.6) is 0 Å². The lowest BCUT2D eigenvalue weighted by Gasteiger charge is -2.08. The standard InChI is InChI=1S/C15H10Cl3N/c16-11-5-4-10(14(18)8-11)9-19-7-6-12-13(17)2-1-3-15(12)19/h1-8H,9H2. The van der Waals surface area contributed by atoms with E-state index in [9.17, 15) is 0 Å². The summed E-state index contributed by atoms with van der Waals surface area (Å²) in [5, 5.41) is 3.14. The van der Waals surface area contributed by atoms with Gasteiger partial charge in [-0.1, -0.05) is 46.9 Å². The molecule has 0 saturated carbocycles. The van der Waals surface area contributed by atoms with Gasteiger partial charge in [-0.2, -0.15) is 0 Å². The Morgan fingerprint density at radius 2 is 1.74 bits per heavy atom. The van der Waals surface area contributed by atoms with Crippen molar-refractivity contribution < 1.29 is 0 Å². The number of hydrogen-bond donors (Lipinski definition) is 0. The highest BCUT2D eigenvalue weighted by molar-refractivity contribution is 6.35. The molecule has 0 N–H and O–H groups in total. The van der Waals surface area contributed by atoms with E-state index in [1.807, 2.05) is 42.6 Å². The third-order valence-electron chi connectivity index (χ3n) is 3.12. The topological polar surface area (TPSA) is 4.93 Å². The molecule has 4 heteroatoms. The van der Waals surface area contributed by atoms with Crippen LogP contribution in [0, 0.1) is 0 Å². The molecular weight excluding hydrogens is 301 g/mol. The zero-order valence-electron chi connectivity index (χ0n) is 9.91. The molecule has 0 aliphatic rings. The van der Waals surface area contributed by atoms with Crippen molar-refractivity contribution in [3.63, 3.8) is 0 Å². The summed E-state index contributed by atoms with van der Waals surface area (Å²) < 4.78 is 2.12. The minimum Gasteiger partial charge on any atom is -0.343 e. The smallest absolute Gasteiger partial charge is 0.0499 e. The number of benzene rings is 2. The summed E-state index contributed by atoms with van der Waals surface area (Å²) >= 11 is 18.3. The third-order valence-corrected chi connectivity index (χ3v) is 4.03. The molecule has 0 amide bonds. The lowest BCUT2D eigenvalue weighted by molar-refractivity contribution is 0.837. The summed E-state index contributed by atoms with van der Waals surface area (Å²) in [6.45, 7) is 0.694. The Bertz CT molecular complexity index is 746. The SMILES string of the molecule is Clc1ccc(Cn2ccc3c(Cl)cccc32)c(Cl)c1. The molecule has 0 unspecified atom stereocenters. The maximum absolute atomic E-state index is 6.21. The fourth-order valence-corrected chi connectivity index (χ4v) is 2.86. The zero-order valence-corrected chi connectivity index (χ0v) is 12.2. The van der Waals surface area contributed by atoms with Crippen LogP contribution in [-0.2, 0) is 6.54 Å². The Morgan fingerprint density at radius 3 is 2.53 bits per heavy atom. The first-order valence-corrected chi connectivity index (χ1v) is 6.96. The van der Waals surface area contributed by atoms with Crippen LogP contribution >= 0.6 is 34.8 Å². The molecule has 96 valence electrons. The van der Waals surface area contributed by atoms with E-state index in [1.165, 1.54) is 0 Å². The Labute approximate surface area is 126 Å². The molecule has 0 bridgehead atoms. The molecule has 1 aromatic heterocycles. The largest absolute Gasteiger partial charge is 0.343 e. The highest BCUT2D eigenvalue weighted by atomic mass is 35.5. The molecule has 3 aromatic rings. The highest BCUT2D eigenvalue weighted by Gasteiger charge is 2.07. The molecule has 0 saturated heterocycles. The Morgan fingerprint density at radius 1 is 0.895 bits per heavy atom. The fraction of sp³-hybridized carbons (Fsp3) is 0.0667. The Hall–Kier alpha value is -1.15. The molecule has 0 aliphatic heterocycles. The quantitative estimate of drug-likeness (QED) is 0.576. The van der Waals surface area contributed by atoms with Gasteiger partial charge in [0.1, 0.15) is 0 Å². The molecule has 0 radical (unpaired) electrons. The number of aromatic nitrogens is 1. The molecule has 0 atom stereocenters. The van der Waals surface area contributed by atoms with E-state index in [4.69, 9.17) is 34.8 Å². The second-order valence-electron chi connectivity index (χ2n) is 4.35. The fourth-order valence-electron chi connectivity index (χ4n) is 2.16. The van der Waals surface area contributed by atoms with Crippen LogP contribution in [-0.4, -0.2) is 4.57 Å². The van der Waals surface area contributed by atoms with E-state index in [0.717, 1.165) is 21.5 Å². The molecule has 3 rings (SSSR count). The lowest BCUT2D eigenvalue weighted by atomic mass is 10.2. The van der Waals surface area contributed by atoms with Gasteiger partial charge >= 0.3 is 0 Å². The first kappa shape index (κ1) is 12.9. The van der Waals surface area contributed by atoms with Crippen molar-refractivity contribution in [2.45, 2.75) is 6.54 Å². The molecule has 1 nitrogen and oxygen atoms in total. The van der Waals surface area contributed by atoms with E-state index in [2.05, 4.69) is 4.57 Å². The second-order valence-corrected chi connectivity index (χ2v) is 5.60. The van der Waals surface area contributed by atoms with Crippen molar-refractivity contribution >= 4 is 45.7 Å². The average Bonchev–Trinajstić information content (AvgIpc) is 2.78. The molecule has 0 aliphatic carbocycles. The summed E-state index contributed by atoms with van der Waals surface area (Å²) in [7, 11) is 0. The molecular formula is C15H10Cl3N. The molecule has 1 heterocycles. The Kier molecular flexibility index (Phi) is 3.44. The van der Waals surface area contributed by atoms with E-state index in [0.29, 0.717) is 16.6 Å². The molecule has 0 spiro atoms. The number of hydrogen-bond acceptors (Lipinski definition) is 0. The van der Waals surface area contributed by atoms with E-state index in [1.54, 1.807) is 6.07 Å². The summed E-state index contributed by atoms with van der Waals surface area (Å²) in [5.41, 5.74) is 2.13. The zero-order chi connectivity index (χ0) is 13.4. The second kappa shape index (κ2) is 5.09. The van der Waals surface area contributed by atoms with Gasteiger partial charge < -0.3 is 4.57 Å². The van der Waals surface area contributed by atoms with Gasteiger partial charge in [0.25, 0.3) is 0 Å². The predicted molar refractivity (Wildman–Crippen MR) is 82.5 cm³/mol. The molecule has 0 fully saturated rings. The minimum absolute atomic E-state index is 0.647. The van der Waals surface area contributed by atoms with Gasteiger partial charge in [0.2, 0.25) is 0 Å². The Balaban J connectivity index is 2.04. The average molecular weight is 311 g/mol. The first-order valence-electron chi connectivity index (χ1n) is 5.82. The van der Waals surface area contributed by atoms with Gasteiger partial charge in [-0.05, 0) is 35.9 Å². The summed E-state index contributed by atoms with van der Waals surface area (Å²) in [4.78, 5) is 0. The maximum atomic E-state index is 6.21. The van der Waals surface area contributed by atoms with Crippen LogP contribution in [0.25, 0.3) is 10.9 Å². The van der Waals surface area contributed by atoms with Crippen molar-refractivity contribution in [1.29, 1.82) is 0 Å². The van der Waals surface area contributed by atoms with Crippen LogP contribution in [0.1, 0.15) is 5.56 Å². The van der Waals surface area contributed by atoms with Gasteiger partial charge in [-0.25, -0.2) is 0 Å². The number of fused-ring (bicyclic) bond motifs is 1. The van der Waals surface area contributed by atoms with Crippen LogP contribution < -0.4 is 0 Å². The first-order chi connectivity index (χ1) is 9.15. The maximum Gasteiger partial charge on any atom is 0.0499 e. The van der Waals surface area contributed by atoms with E-state index in [-0.39, 0.29) is 0 Å². The highest BCUT2D eigenvalue weighted by Crippen LogP contribution is 2.27. The van der Waals surface area contributed by atoms with Gasteiger partial charge in [0.05, 0.1) is 0 Å². The van der Waals surface area contributed by atoms with Crippen LogP contribution in [0.4, 0.5) is 0 Å². The van der Waals surface area contributed by atoms with Crippen molar-refractivity contribution in [3.05, 3.63) is 69.3 Å². The van der Waals surface area contributed by atoms with Crippen molar-refractivity contribution in [2.24, 2.45) is 0 Å².